The van der Waals surface area contributed by atoms with Crippen molar-refractivity contribution < 1.29 is 0 Å². The number of likely N-dealkylation sites (tertiary alicyclic amines) is 1. The van der Waals surface area contributed by atoms with Crippen molar-refractivity contribution in [1.82, 2.24) is 10.2 Å². The zero-order chi connectivity index (χ0) is 14.5. The predicted octanol–water partition coefficient (Wildman–Crippen LogP) is 3.42. The van der Waals surface area contributed by atoms with Gasteiger partial charge in [-0.15, -0.1) is 0 Å². The van der Waals surface area contributed by atoms with Crippen molar-refractivity contribution in [2.75, 3.05) is 26.2 Å². The Balaban J connectivity index is 2.04. The molecule has 0 radical (unpaired) electrons. The minimum atomic E-state index is 0.636. The molecule has 0 spiro atoms. The third-order valence-electron chi connectivity index (χ3n) is 4.30. The first-order valence-electron chi connectivity index (χ1n) is 8.10. The molecule has 2 atom stereocenters. The molecule has 112 valence electrons. The maximum atomic E-state index is 3.76. The van der Waals surface area contributed by atoms with Crippen LogP contribution in [0.4, 0.5) is 0 Å². The standard InChI is InChI=1S/C18H30N2/c1-5-20-12-17(16-8-6-7-15(4)9-16)10-18(13-20)19-11-14(2)3/h6-9,14,17-19H,5,10-13H2,1-4H3. The quantitative estimate of drug-likeness (QED) is 0.885. The van der Waals surface area contributed by atoms with Gasteiger partial charge in [0.1, 0.15) is 0 Å². The molecule has 1 aliphatic heterocycles. The smallest absolute Gasteiger partial charge is 0.0201 e. The largest absolute Gasteiger partial charge is 0.312 e. The molecule has 1 aromatic rings. The summed E-state index contributed by atoms with van der Waals surface area (Å²) in [6.45, 7) is 13.7. The van der Waals surface area contributed by atoms with Gasteiger partial charge in [-0.1, -0.05) is 50.6 Å². The molecule has 2 rings (SSSR count). The highest BCUT2D eigenvalue weighted by atomic mass is 15.2. The number of aryl methyl sites for hydroxylation is 1. The van der Waals surface area contributed by atoms with Crippen LogP contribution in [-0.4, -0.2) is 37.1 Å². The Kier molecular flexibility index (Phi) is 5.62. The SMILES string of the molecule is CCN1CC(NCC(C)C)CC(c2cccc(C)c2)C1. The van der Waals surface area contributed by atoms with Crippen molar-refractivity contribution >= 4 is 0 Å². The fourth-order valence-electron chi connectivity index (χ4n) is 3.16. The highest BCUT2D eigenvalue weighted by Gasteiger charge is 2.27. The van der Waals surface area contributed by atoms with Gasteiger partial charge in [-0.25, -0.2) is 0 Å². The average Bonchev–Trinajstić information content (AvgIpc) is 2.44. The summed E-state index contributed by atoms with van der Waals surface area (Å²) in [5, 5.41) is 3.76. The van der Waals surface area contributed by atoms with E-state index in [4.69, 9.17) is 0 Å². The lowest BCUT2D eigenvalue weighted by molar-refractivity contribution is 0.176. The molecule has 1 aliphatic rings. The fraction of sp³-hybridized carbons (Fsp3) is 0.667. The maximum absolute atomic E-state index is 3.76. The van der Waals surface area contributed by atoms with E-state index in [-0.39, 0.29) is 0 Å². The van der Waals surface area contributed by atoms with Crippen molar-refractivity contribution in [3.8, 4) is 0 Å². The third-order valence-corrected chi connectivity index (χ3v) is 4.30. The van der Waals surface area contributed by atoms with Crippen LogP contribution in [-0.2, 0) is 0 Å². The molecule has 1 heterocycles. The molecule has 0 bridgehead atoms. The predicted molar refractivity (Wildman–Crippen MR) is 87.3 cm³/mol. The van der Waals surface area contributed by atoms with Crippen LogP contribution in [0.3, 0.4) is 0 Å². The first-order valence-corrected chi connectivity index (χ1v) is 8.10. The van der Waals surface area contributed by atoms with Crippen molar-refractivity contribution in [1.29, 1.82) is 0 Å². The second-order valence-corrected chi connectivity index (χ2v) is 6.70. The molecule has 1 saturated heterocycles. The summed E-state index contributed by atoms with van der Waals surface area (Å²) in [4.78, 5) is 2.59. The van der Waals surface area contributed by atoms with E-state index in [0.717, 1.165) is 19.0 Å². The Morgan fingerprint density at radius 3 is 2.75 bits per heavy atom. The summed E-state index contributed by atoms with van der Waals surface area (Å²) in [6.07, 6.45) is 1.27. The number of piperidine rings is 1. The van der Waals surface area contributed by atoms with Gasteiger partial charge in [0.05, 0.1) is 0 Å². The highest BCUT2D eigenvalue weighted by Crippen LogP contribution is 2.27. The van der Waals surface area contributed by atoms with E-state index in [9.17, 15) is 0 Å². The van der Waals surface area contributed by atoms with Crippen molar-refractivity contribution in [3.05, 3.63) is 35.4 Å². The number of benzene rings is 1. The van der Waals surface area contributed by atoms with E-state index >= 15 is 0 Å². The van der Waals surface area contributed by atoms with Crippen LogP contribution in [0, 0.1) is 12.8 Å². The first kappa shape index (κ1) is 15.5. The monoisotopic (exact) mass is 274 g/mol. The van der Waals surface area contributed by atoms with E-state index in [1.165, 1.54) is 30.6 Å². The third kappa shape index (κ3) is 4.32. The Hall–Kier alpha value is -0.860. The minimum Gasteiger partial charge on any atom is -0.312 e. The highest BCUT2D eigenvalue weighted by molar-refractivity contribution is 5.26. The Morgan fingerprint density at radius 1 is 1.30 bits per heavy atom. The van der Waals surface area contributed by atoms with Crippen LogP contribution >= 0.6 is 0 Å². The van der Waals surface area contributed by atoms with Crippen LogP contribution in [0.1, 0.15) is 44.2 Å². The zero-order valence-corrected chi connectivity index (χ0v) is 13.5. The molecule has 0 amide bonds. The van der Waals surface area contributed by atoms with E-state index in [0.29, 0.717) is 12.0 Å². The minimum absolute atomic E-state index is 0.636. The van der Waals surface area contributed by atoms with Crippen LogP contribution in [0.2, 0.25) is 0 Å². The van der Waals surface area contributed by atoms with Gasteiger partial charge in [-0.2, -0.15) is 0 Å². The van der Waals surface area contributed by atoms with Crippen molar-refractivity contribution in [3.63, 3.8) is 0 Å². The van der Waals surface area contributed by atoms with Gasteiger partial charge >= 0.3 is 0 Å². The number of nitrogens with one attached hydrogen (secondary N) is 1. The molecule has 1 aromatic carbocycles. The lowest BCUT2D eigenvalue weighted by atomic mass is 9.87. The molecule has 0 saturated carbocycles. The summed E-state index contributed by atoms with van der Waals surface area (Å²) in [6, 6.07) is 9.70. The molecule has 1 N–H and O–H groups in total. The zero-order valence-electron chi connectivity index (χ0n) is 13.5. The van der Waals surface area contributed by atoms with Crippen LogP contribution in [0.15, 0.2) is 24.3 Å². The van der Waals surface area contributed by atoms with Gasteiger partial charge in [-0.3, -0.25) is 0 Å². The molecule has 0 aromatic heterocycles. The van der Waals surface area contributed by atoms with Gasteiger partial charge in [-0.05, 0) is 43.8 Å². The van der Waals surface area contributed by atoms with Gasteiger partial charge < -0.3 is 10.2 Å². The van der Waals surface area contributed by atoms with Gasteiger partial charge in [0.25, 0.3) is 0 Å². The average molecular weight is 274 g/mol. The van der Waals surface area contributed by atoms with E-state index in [1.807, 2.05) is 0 Å². The van der Waals surface area contributed by atoms with Crippen molar-refractivity contribution in [2.24, 2.45) is 5.92 Å². The fourth-order valence-corrected chi connectivity index (χ4v) is 3.16. The number of hydrogen-bond donors (Lipinski definition) is 1. The summed E-state index contributed by atoms with van der Waals surface area (Å²) < 4.78 is 0. The topological polar surface area (TPSA) is 15.3 Å². The Bertz CT molecular complexity index is 414. The molecule has 2 unspecified atom stereocenters. The van der Waals surface area contributed by atoms with Crippen LogP contribution in [0.25, 0.3) is 0 Å². The molecule has 2 heteroatoms. The van der Waals surface area contributed by atoms with Gasteiger partial charge in [0.15, 0.2) is 0 Å². The first-order chi connectivity index (χ1) is 9.58. The molecular weight excluding hydrogens is 244 g/mol. The molecule has 0 aliphatic carbocycles. The number of nitrogens with zero attached hydrogens (tertiary/aromatic N) is 1. The van der Waals surface area contributed by atoms with E-state index in [1.54, 1.807) is 0 Å². The second kappa shape index (κ2) is 7.24. The van der Waals surface area contributed by atoms with Gasteiger partial charge in [0, 0.05) is 19.1 Å². The Morgan fingerprint density at radius 2 is 2.10 bits per heavy atom. The normalized spacial score (nSPS) is 24.2. The van der Waals surface area contributed by atoms with Gasteiger partial charge in [0.2, 0.25) is 0 Å². The lowest BCUT2D eigenvalue weighted by Gasteiger charge is -2.38. The molecule has 20 heavy (non-hydrogen) atoms. The number of hydrogen-bond acceptors (Lipinski definition) is 2. The van der Waals surface area contributed by atoms with E-state index < -0.39 is 0 Å². The molecular formula is C18H30N2. The summed E-state index contributed by atoms with van der Waals surface area (Å²) in [7, 11) is 0. The van der Waals surface area contributed by atoms with E-state index in [2.05, 4.69) is 62.2 Å². The summed E-state index contributed by atoms with van der Waals surface area (Å²) in [5.74, 6) is 1.40. The van der Waals surface area contributed by atoms with Crippen molar-refractivity contribution in [2.45, 2.75) is 46.1 Å². The van der Waals surface area contributed by atoms with Crippen LogP contribution in [0.5, 0.6) is 0 Å². The van der Waals surface area contributed by atoms with Crippen LogP contribution < -0.4 is 5.32 Å². The lowest BCUT2D eigenvalue weighted by Crippen LogP contribution is -2.49. The summed E-state index contributed by atoms with van der Waals surface area (Å²) in [5.41, 5.74) is 2.89. The molecule has 1 fully saturated rings. The maximum Gasteiger partial charge on any atom is 0.0201 e. The Labute approximate surface area is 124 Å². The second-order valence-electron chi connectivity index (χ2n) is 6.70. The number of likely N-dealkylation sites (N-methyl/N-ethyl adjacent to an activating group) is 1. The molecule has 2 nitrogen and oxygen atoms in total. The number of rotatable bonds is 5. The summed E-state index contributed by atoms with van der Waals surface area (Å²) >= 11 is 0.